The minimum absolute atomic E-state index is 0.336. The zero-order chi connectivity index (χ0) is 6.69. The Kier molecular flexibility index (Phi) is 2.00. The normalized spacial score (nSPS) is 22.1. The predicted octanol–water partition coefficient (Wildman–Crippen LogP) is 0.355. The van der Waals surface area contributed by atoms with Gasteiger partial charge in [0.25, 0.3) is 0 Å². The summed E-state index contributed by atoms with van der Waals surface area (Å²) in [6.07, 6.45) is 1.95. The lowest BCUT2D eigenvalue weighted by molar-refractivity contribution is 0.202. The molecule has 9 heavy (non-hydrogen) atoms. The number of hydrogen-bond acceptors (Lipinski definition) is 3. The summed E-state index contributed by atoms with van der Waals surface area (Å²) in [6.45, 7) is 1.70. The van der Waals surface area contributed by atoms with Crippen LogP contribution in [0.3, 0.4) is 0 Å². The van der Waals surface area contributed by atoms with E-state index in [-0.39, 0.29) is 0 Å². The van der Waals surface area contributed by atoms with E-state index < -0.39 is 0 Å². The van der Waals surface area contributed by atoms with E-state index in [2.05, 4.69) is 5.22 Å². The number of nitrogens with two attached hydrogens (primary N) is 1. The van der Waals surface area contributed by atoms with Crippen LogP contribution in [0.4, 0.5) is 0 Å². The molecule has 0 unspecified atom stereocenters. The fourth-order valence-corrected chi connectivity index (χ4v) is 0.986. The van der Waals surface area contributed by atoms with Crippen molar-refractivity contribution in [3.05, 3.63) is 0 Å². The second kappa shape index (κ2) is 2.77. The van der Waals surface area contributed by atoms with Crippen molar-refractivity contribution in [3.8, 4) is 0 Å². The first kappa shape index (κ1) is 6.48. The number of nitrogens with one attached hydrogen (secondary N) is 1. The van der Waals surface area contributed by atoms with Gasteiger partial charge in [0.1, 0.15) is 0 Å². The molecule has 52 valence electrons. The Hall–Kier alpha value is -0.640. The smallest absolute Gasteiger partial charge is 0.0391 e. The van der Waals surface area contributed by atoms with Gasteiger partial charge >= 0.3 is 0 Å². The summed E-state index contributed by atoms with van der Waals surface area (Å²) in [5, 5.41) is 5.05. The van der Waals surface area contributed by atoms with Crippen LogP contribution in [0.25, 0.3) is 0 Å². The predicted molar refractivity (Wildman–Crippen MR) is 33.9 cm³/mol. The van der Waals surface area contributed by atoms with E-state index in [0.717, 1.165) is 25.9 Å². The average Bonchev–Trinajstić information content (AvgIpc) is 1.90. The highest BCUT2D eigenvalue weighted by Crippen LogP contribution is 2.06. The Morgan fingerprint density at radius 3 is 2.44 bits per heavy atom. The third kappa shape index (κ3) is 1.64. The lowest BCUT2D eigenvalue weighted by atomic mass is 10.1. The van der Waals surface area contributed by atoms with Gasteiger partial charge in [0.15, 0.2) is 0 Å². The highest BCUT2D eigenvalue weighted by molar-refractivity contribution is 4.70. The summed E-state index contributed by atoms with van der Waals surface area (Å²) < 4.78 is 0. The number of nitrogens with zero attached hydrogens (tertiary/aromatic N) is 2. The molecule has 4 nitrogen and oxygen atoms in total. The molecule has 1 fully saturated rings. The summed E-state index contributed by atoms with van der Waals surface area (Å²) >= 11 is 0. The lowest BCUT2D eigenvalue weighted by Gasteiger charge is -2.25. The largest absolute Gasteiger partial charge is 0.328 e. The first-order valence-corrected chi connectivity index (χ1v) is 3.21. The van der Waals surface area contributed by atoms with Crippen molar-refractivity contribution in [2.75, 3.05) is 13.1 Å². The zero-order valence-electron chi connectivity index (χ0n) is 5.38. The van der Waals surface area contributed by atoms with Crippen molar-refractivity contribution in [2.24, 2.45) is 11.0 Å². The van der Waals surface area contributed by atoms with E-state index in [1.807, 2.05) is 0 Å². The average molecular weight is 128 g/mol. The fraction of sp³-hybridized carbons (Fsp3) is 1.00. The maximum atomic E-state index is 6.67. The van der Waals surface area contributed by atoms with Crippen LogP contribution in [0.5, 0.6) is 0 Å². The summed E-state index contributed by atoms with van der Waals surface area (Å²) in [7, 11) is 0. The van der Waals surface area contributed by atoms with E-state index in [0.29, 0.717) is 6.04 Å². The molecule has 1 aliphatic heterocycles. The summed E-state index contributed by atoms with van der Waals surface area (Å²) in [4.78, 5) is 0. The summed E-state index contributed by atoms with van der Waals surface area (Å²) in [5.41, 5.74) is 12.3. The van der Waals surface area contributed by atoms with E-state index in [9.17, 15) is 0 Å². The summed E-state index contributed by atoms with van der Waals surface area (Å²) in [5.74, 6) is 0. The first-order valence-electron chi connectivity index (χ1n) is 3.21. The topological polar surface area (TPSA) is 65.5 Å². The number of piperidine rings is 1. The molecule has 1 saturated heterocycles. The van der Waals surface area contributed by atoms with Crippen LogP contribution in [0.15, 0.2) is 5.22 Å². The van der Waals surface area contributed by atoms with Crippen LogP contribution < -0.4 is 5.73 Å². The Bertz CT molecular complexity index is 95.1. The molecule has 0 bridgehead atoms. The third-order valence-corrected chi connectivity index (χ3v) is 1.66. The van der Waals surface area contributed by atoms with Gasteiger partial charge in [0.2, 0.25) is 0 Å². The third-order valence-electron chi connectivity index (χ3n) is 1.66. The van der Waals surface area contributed by atoms with Crippen molar-refractivity contribution < 1.29 is 0 Å². The second-order valence-electron chi connectivity index (χ2n) is 2.39. The Morgan fingerprint density at radius 1 is 1.44 bits per heavy atom. The summed E-state index contributed by atoms with van der Waals surface area (Å²) in [6, 6.07) is 0.336. The van der Waals surface area contributed by atoms with Crippen molar-refractivity contribution in [1.29, 1.82) is 5.53 Å². The lowest BCUT2D eigenvalue weighted by Crippen LogP contribution is -2.36. The molecule has 0 aromatic carbocycles. The maximum absolute atomic E-state index is 6.67. The van der Waals surface area contributed by atoms with E-state index in [1.165, 1.54) is 0 Å². The van der Waals surface area contributed by atoms with Crippen molar-refractivity contribution in [2.45, 2.75) is 18.9 Å². The number of rotatable bonds is 1. The fourth-order valence-electron chi connectivity index (χ4n) is 0.986. The molecule has 1 rings (SSSR count). The highest BCUT2D eigenvalue weighted by Gasteiger charge is 2.13. The van der Waals surface area contributed by atoms with Crippen LogP contribution in [0.2, 0.25) is 0 Å². The molecule has 4 heteroatoms. The molecular weight excluding hydrogens is 116 g/mol. The molecule has 0 amide bonds. The monoisotopic (exact) mass is 128 g/mol. The standard InChI is InChI=1S/C5H12N4/c6-5-1-3-9(8-7)4-2-5/h5,7H,1-4,6H2. The Balaban J connectivity index is 2.26. The molecule has 1 aliphatic rings. The Morgan fingerprint density at radius 2 is 2.00 bits per heavy atom. The van der Waals surface area contributed by atoms with Crippen LogP contribution in [-0.2, 0) is 0 Å². The van der Waals surface area contributed by atoms with Gasteiger partial charge in [-0.2, -0.15) is 5.53 Å². The Labute approximate surface area is 54.5 Å². The minimum Gasteiger partial charge on any atom is -0.328 e. The van der Waals surface area contributed by atoms with Crippen LogP contribution >= 0.6 is 0 Å². The molecule has 3 N–H and O–H groups in total. The van der Waals surface area contributed by atoms with E-state index in [1.54, 1.807) is 5.01 Å². The van der Waals surface area contributed by atoms with E-state index >= 15 is 0 Å². The molecule has 0 aromatic rings. The van der Waals surface area contributed by atoms with Gasteiger partial charge in [-0.1, -0.05) is 5.22 Å². The molecule has 0 radical (unpaired) electrons. The molecule has 0 aliphatic carbocycles. The molecule has 0 saturated carbocycles. The zero-order valence-corrected chi connectivity index (χ0v) is 5.38. The van der Waals surface area contributed by atoms with Gasteiger partial charge in [0, 0.05) is 19.1 Å². The molecule has 0 aromatic heterocycles. The van der Waals surface area contributed by atoms with Gasteiger partial charge in [-0.15, -0.1) is 0 Å². The SMILES string of the molecule is N=NN1CCC(N)CC1. The van der Waals surface area contributed by atoms with Gasteiger partial charge in [-0.05, 0) is 12.8 Å². The first-order chi connectivity index (χ1) is 4.33. The van der Waals surface area contributed by atoms with Gasteiger partial charge in [-0.25, -0.2) is 0 Å². The van der Waals surface area contributed by atoms with Gasteiger partial charge in [-0.3, -0.25) is 5.01 Å². The molecule has 1 heterocycles. The molecule has 0 spiro atoms. The van der Waals surface area contributed by atoms with Gasteiger partial charge < -0.3 is 5.73 Å². The van der Waals surface area contributed by atoms with Crippen LogP contribution in [-0.4, -0.2) is 24.1 Å². The molecular formula is C5H12N4. The quantitative estimate of drug-likeness (QED) is 0.500. The maximum Gasteiger partial charge on any atom is 0.0391 e. The van der Waals surface area contributed by atoms with Crippen LogP contribution in [0.1, 0.15) is 12.8 Å². The number of hydrogen-bond donors (Lipinski definition) is 2. The second-order valence-corrected chi connectivity index (χ2v) is 2.39. The van der Waals surface area contributed by atoms with E-state index in [4.69, 9.17) is 11.3 Å². The minimum atomic E-state index is 0.336. The van der Waals surface area contributed by atoms with Gasteiger partial charge in [0.05, 0.1) is 0 Å². The highest BCUT2D eigenvalue weighted by atomic mass is 15.5. The van der Waals surface area contributed by atoms with Crippen molar-refractivity contribution in [1.82, 2.24) is 5.01 Å². The van der Waals surface area contributed by atoms with Crippen molar-refractivity contribution in [3.63, 3.8) is 0 Å². The molecule has 0 atom stereocenters. The van der Waals surface area contributed by atoms with Crippen molar-refractivity contribution >= 4 is 0 Å². The van der Waals surface area contributed by atoms with Crippen LogP contribution in [0, 0.1) is 5.53 Å².